The molecule has 0 aliphatic heterocycles. The number of methoxy groups -OCH3 is 2. The predicted molar refractivity (Wildman–Crippen MR) is 188 cm³/mol. The SMILES string of the molecule is CC.CC.COc1ccc(NC/C=C(\C)CCC=C(C)C)cc1.COc1ccc(NC/C=C/c2ccc(C)cc2)cc1. The van der Waals surface area contributed by atoms with E-state index >= 15 is 0 Å². The van der Waals surface area contributed by atoms with E-state index in [0.717, 1.165) is 48.8 Å². The van der Waals surface area contributed by atoms with Gasteiger partial charge in [-0.1, -0.05) is 93.0 Å². The largest absolute Gasteiger partial charge is 0.497 e. The lowest BCUT2D eigenvalue weighted by Gasteiger charge is -2.06. The van der Waals surface area contributed by atoms with Gasteiger partial charge < -0.3 is 20.1 Å². The standard InChI is InChI=1S/C17H19NO.C17H25NO.2C2H6/c1-14-5-7-15(8-6-14)4-3-13-18-16-9-11-17(19-2)12-10-16;1-14(2)6-5-7-15(3)12-13-18-16-8-10-17(19-4)11-9-16;2*1-2/h3-12,18H,13H2,1-2H3;6,8-12,18H,5,7,13H2,1-4H3;2*1-2H3/b4-3+;15-12+;;. The minimum Gasteiger partial charge on any atom is -0.497 e. The van der Waals surface area contributed by atoms with E-state index in [1.54, 1.807) is 14.2 Å². The fraction of sp³-hybridized carbons (Fsp3) is 0.368. The molecule has 2 N–H and O–H groups in total. The van der Waals surface area contributed by atoms with E-state index in [4.69, 9.17) is 9.47 Å². The van der Waals surface area contributed by atoms with Crippen LogP contribution in [-0.2, 0) is 0 Å². The molecule has 0 unspecified atom stereocenters. The number of hydrogen-bond donors (Lipinski definition) is 2. The molecule has 0 amide bonds. The molecular weight excluding hydrogens is 516 g/mol. The van der Waals surface area contributed by atoms with Crippen LogP contribution in [0, 0.1) is 6.92 Å². The van der Waals surface area contributed by atoms with Gasteiger partial charge in [-0.05, 0) is 94.6 Å². The molecule has 230 valence electrons. The lowest BCUT2D eigenvalue weighted by molar-refractivity contribution is 0.415. The Kier molecular flexibility index (Phi) is 22.5. The molecule has 0 aliphatic rings. The van der Waals surface area contributed by atoms with Crippen LogP contribution in [0.3, 0.4) is 0 Å². The maximum atomic E-state index is 5.13. The van der Waals surface area contributed by atoms with E-state index in [1.807, 2.05) is 76.2 Å². The molecule has 0 saturated carbocycles. The van der Waals surface area contributed by atoms with Crippen LogP contribution in [0.1, 0.15) is 72.4 Å². The molecule has 3 rings (SSSR count). The molecular formula is C38H56N2O2. The molecule has 4 nitrogen and oxygen atoms in total. The molecule has 0 bridgehead atoms. The minimum absolute atomic E-state index is 0.806. The van der Waals surface area contributed by atoms with Crippen LogP contribution in [0.15, 0.2) is 102 Å². The third kappa shape index (κ3) is 18.4. The van der Waals surface area contributed by atoms with Crippen molar-refractivity contribution >= 4 is 17.5 Å². The van der Waals surface area contributed by atoms with Gasteiger partial charge in [0.1, 0.15) is 11.5 Å². The summed E-state index contributed by atoms with van der Waals surface area (Å²) in [5.74, 6) is 1.76. The predicted octanol–water partition coefficient (Wildman–Crippen LogP) is 11.0. The van der Waals surface area contributed by atoms with E-state index < -0.39 is 0 Å². The maximum Gasteiger partial charge on any atom is 0.119 e. The van der Waals surface area contributed by atoms with Gasteiger partial charge in [-0.3, -0.25) is 0 Å². The molecule has 42 heavy (non-hydrogen) atoms. The quantitative estimate of drug-likeness (QED) is 0.212. The number of aryl methyl sites for hydroxylation is 1. The van der Waals surface area contributed by atoms with Gasteiger partial charge in [0, 0.05) is 24.5 Å². The summed E-state index contributed by atoms with van der Waals surface area (Å²) in [6.45, 7) is 18.2. The molecule has 3 aromatic rings. The van der Waals surface area contributed by atoms with Crippen molar-refractivity contribution in [3.05, 3.63) is 113 Å². The Morgan fingerprint density at radius 2 is 1.12 bits per heavy atom. The molecule has 3 aromatic carbocycles. The average molecular weight is 573 g/mol. The summed E-state index contributed by atoms with van der Waals surface area (Å²) in [5.41, 5.74) is 7.54. The van der Waals surface area contributed by atoms with Gasteiger partial charge >= 0.3 is 0 Å². The molecule has 0 heterocycles. The smallest absolute Gasteiger partial charge is 0.119 e. The Morgan fingerprint density at radius 1 is 0.643 bits per heavy atom. The van der Waals surface area contributed by atoms with Crippen molar-refractivity contribution in [3.63, 3.8) is 0 Å². The normalized spacial score (nSPS) is 10.1. The van der Waals surface area contributed by atoms with Gasteiger partial charge in [0.15, 0.2) is 0 Å². The topological polar surface area (TPSA) is 42.5 Å². The lowest BCUT2D eigenvalue weighted by atomic mass is 10.1. The van der Waals surface area contributed by atoms with Gasteiger partial charge in [-0.2, -0.15) is 0 Å². The first-order valence-electron chi connectivity index (χ1n) is 15.2. The van der Waals surface area contributed by atoms with Gasteiger partial charge in [0.25, 0.3) is 0 Å². The molecule has 0 spiro atoms. The van der Waals surface area contributed by atoms with Gasteiger partial charge in [0.2, 0.25) is 0 Å². The zero-order chi connectivity index (χ0) is 31.6. The summed E-state index contributed by atoms with van der Waals surface area (Å²) >= 11 is 0. The number of hydrogen-bond acceptors (Lipinski definition) is 4. The zero-order valence-corrected chi connectivity index (χ0v) is 27.9. The number of allylic oxidation sites excluding steroid dienone is 3. The molecule has 0 aromatic heterocycles. The van der Waals surface area contributed by atoms with Crippen molar-refractivity contribution < 1.29 is 9.47 Å². The second kappa shape index (κ2) is 24.8. The highest BCUT2D eigenvalue weighted by Crippen LogP contribution is 2.16. The van der Waals surface area contributed by atoms with Crippen LogP contribution in [-0.4, -0.2) is 27.3 Å². The number of rotatable bonds is 12. The molecule has 0 atom stereocenters. The molecule has 4 heteroatoms. The fourth-order valence-electron chi connectivity index (χ4n) is 3.50. The first kappa shape index (κ1) is 38.1. The number of ether oxygens (including phenoxy) is 2. The van der Waals surface area contributed by atoms with E-state index in [0.29, 0.717) is 0 Å². The van der Waals surface area contributed by atoms with Crippen molar-refractivity contribution in [3.8, 4) is 11.5 Å². The number of anilines is 2. The number of nitrogens with one attached hydrogen (secondary N) is 2. The highest BCUT2D eigenvalue weighted by molar-refractivity contribution is 5.52. The Morgan fingerprint density at radius 3 is 1.57 bits per heavy atom. The Hall–Kier alpha value is -3.92. The summed E-state index contributed by atoms with van der Waals surface area (Å²) in [7, 11) is 3.35. The van der Waals surface area contributed by atoms with E-state index in [-0.39, 0.29) is 0 Å². The van der Waals surface area contributed by atoms with Gasteiger partial charge in [-0.25, -0.2) is 0 Å². The monoisotopic (exact) mass is 572 g/mol. The molecule has 0 fully saturated rings. The van der Waals surface area contributed by atoms with Crippen LogP contribution >= 0.6 is 0 Å². The lowest BCUT2D eigenvalue weighted by Crippen LogP contribution is -1.99. The second-order valence-electron chi connectivity index (χ2n) is 9.40. The minimum atomic E-state index is 0.806. The van der Waals surface area contributed by atoms with E-state index in [2.05, 4.69) is 86.9 Å². The van der Waals surface area contributed by atoms with Crippen molar-refractivity contribution in [2.45, 2.75) is 68.2 Å². The zero-order valence-electron chi connectivity index (χ0n) is 27.9. The Labute approximate surface area is 257 Å². The van der Waals surface area contributed by atoms with Crippen LogP contribution in [0.4, 0.5) is 11.4 Å². The van der Waals surface area contributed by atoms with Crippen LogP contribution < -0.4 is 20.1 Å². The highest BCUT2D eigenvalue weighted by atomic mass is 16.5. The summed E-state index contributed by atoms with van der Waals surface area (Å²) in [4.78, 5) is 0. The molecule has 0 aliphatic carbocycles. The van der Waals surface area contributed by atoms with Crippen LogP contribution in [0.25, 0.3) is 6.08 Å². The first-order valence-corrected chi connectivity index (χ1v) is 15.2. The first-order chi connectivity index (χ1) is 20.4. The highest BCUT2D eigenvalue weighted by Gasteiger charge is 1.94. The Bertz CT molecular complexity index is 1140. The third-order valence-corrected chi connectivity index (χ3v) is 5.84. The molecule has 0 radical (unpaired) electrons. The third-order valence-electron chi connectivity index (χ3n) is 5.84. The second-order valence-corrected chi connectivity index (χ2v) is 9.40. The van der Waals surface area contributed by atoms with Crippen molar-refractivity contribution in [2.75, 3.05) is 37.9 Å². The van der Waals surface area contributed by atoms with Crippen molar-refractivity contribution in [1.29, 1.82) is 0 Å². The Balaban J connectivity index is 0.000000716. The van der Waals surface area contributed by atoms with Crippen LogP contribution in [0.2, 0.25) is 0 Å². The van der Waals surface area contributed by atoms with Crippen molar-refractivity contribution in [1.82, 2.24) is 0 Å². The van der Waals surface area contributed by atoms with E-state index in [9.17, 15) is 0 Å². The van der Waals surface area contributed by atoms with Crippen molar-refractivity contribution in [2.24, 2.45) is 0 Å². The number of benzene rings is 3. The maximum absolute atomic E-state index is 5.13. The van der Waals surface area contributed by atoms with Gasteiger partial charge in [0.05, 0.1) is 14.2 Å². The summed E-state index contributed by atoms with van der Waals surface area (Å²) < 4.78 is 10.3. The van der Waals surface area contributed by atoms with Crippen LogP contribution in [0.5, 0.6) is 11.5 Å². The summed E-state index contributed by atoms with van der Waals surface area (Å²) in [6, 6.07) is 24.4. The van der Waals surface area contributed by atoms with E-state index in [1.165, 1.54) is 22.3 Å². The summed E-state index contributed by atoms with van der Waals surface area (Å²) in [6.07, 6.45) is 11.0. The molecule has 0 saturated heterocycles. The average Bonchev–Trinajstić information content (AvgIpc) is 3.03. The van der Waals surface area contributed by atoms with Gasteiger partial charge in [-0.15, -0.1) is 0 Å². The fourth-order valence-corrected chi connectivity index (χ4v) is 3.50. The summed E-state index contributed by atoms with van der Waals surface area (Å²) in [5, 5.41) is 6.71.